The molecule has 7 heteroatoms. The van der Waals surface area contributed by atoms with Crippen LogP contribution in [0.25, 0.3) is 11.0 Å². The molecule has 0 bridgehead atoms. The third-order valence-corrected chi connectivity index (χ3v) is 6.95. The number of fused-ring (bicyclic) bond motifs is 1. The number of aryl methyl sites for hydroxylation is 1. The van der Waals surface area contributed by atoms with Crippen molar-refractivity contribution in [3.63, 3.8) is 0 Å². The van der Waals surface area contributed by atoms with E-state index in [9.17, 15) is 13.7 Å². The molecule has 1 aromatic heterocycles. The van der Waals surface area contributed by atoms with E-state index in [1.165, 1.54) is 18.6 Å². The van der Waals surface area contributed by atoms with Gasteiger partial charge in [-0.25, -0.2) is 18.4 Å². The van der Waals surface area contributed by atoms with Crippen LogP contribution in [0.1, 0.15) is 55.5 Å². The number of hydrogen-bond acceptors (Lipinski definition) is 6. The van der Waals surface area contributed by atoms with Crippen molar-refractivity contribution in [1.29, 1.82) is 5.26 Å². The second-order valence-corrected chi connectivity index (χ2v) is 9.57. The lowest BCUT2D eigenvalue weighted by Crippen LogP contribution is -2.16. The van der Waals surface area contributed by atoms with E-state index in [0.717, 1.165) is 31.2 Å². The molecule has 0 fully saturated rings. The molecule has 1 heterocycles. The molecule has 2 aromatic carbocycles. The maximum absolute atomic E-state index is 13.3. The minimum Gasteiger partial charge on any atom is -0.476 e. The van der Waals surface area contributed by atoms with Crippen molar-refractivity contribution >= 4 is 20.9 Å². The van der Waals surface area contributed by atoms with E-state index in [2.05, 4.69) is 16.9 Å². The molecule has 0 saturated carbocycles. The van der Waals surface area contributed by atoms with E-state index in [4.69, 9.17) is 4.74 Å². The van der Waals surface area contributed by atoms with Gasteiger partial charge in [-0.05, 0) is 37.6 Å². The van der Waals surface area contributed by atoms with Gasteiger partial charge < -0.3 is 4.74 Å². The summed E-state index contributed by atoms with van der Waals surface area (Å²) in [6.07, 6.45) is 5.30. The molecular formula is C24H27N3O3S. The highest BCUT2D eigenvalue weighted by Gasteiger charge is 2.34. The first kappa shape index (κ1) is 22.7. The van der Waals surface area contributed by atoms with Gasteiger partial charge in [-0.3, -0.25) is 0 Å². The number of benzene rings is 2. The van der Waals surface area contributed by atoms with Crippen LogP contribution in [0.15, 0.2) is 53.4 Å². The second kappa shape index (κ2) is 10.4. The molecule has 31 heavy (non-hydrogen) atoms. The predicted molar refractivity (Wildman–Crippen MR) is 121 cm³/mol. The molecule has 0 radical (unpaired) electrons. The smallest absolute Gasteiger partial charge is 0.238 e. The SMILES string of the molecule is CCCCCCCOc1nc2ccccc2nc1[C@H](C#N)S(=O)(=O)c1ccc(C)cc1. The molecule has 6 nitrogen and oxygen atoms in total. The summed E-state index contributed by atoms with van der Waals surface area (Å²) in [6, 6.07) is 15.5. The molecule has 0 N–H and O–H groups in total. The van der Waals surface area contributed by atoms with Crippen molar-refractivity contribution in [1.82, 2.24) is 9.97 Å². The summed E-state index contributed by atoms with van der Waals surface area (Å²) in [7, 11) is -4.00. The Hall–Kier alpha value is -2.98. The first-order valence-electron chi connectivity index (χ1n) is 10.6. The van der Waals surface area contributed by atoms with Gasteiger partial charge in [0.25, 0.3) is 0 Å². The van der Waals surface area contributed by atoms with Crippen LogP contribution in [-0.4, -0.2) is 25.0 Å². The lowest BCUT2D eigenvalue weighted by Gasteiger charge is -2.15. The maximum atomic E-state index is 13.3. The zero-order chi connectivity index (χ0) is 22.3. The van der Waals surface area contributed by atoms with E-state index < -0.39 is 15.1 Å². The molecule has 0 saturated heterocycles. The standard InChI is InChI=1S/C24H27N3O3S/c1-3-4-5-6-9-16-30-24-23(26-20-10-7-8-11-21(20)27-24)22(17-25)31(28,29)19-14-12-18(2)13-15-19/h7-8,10-15,22H,3-6,9,16H2,1-2H3/t22-/m0/s1. The first-order valence-corrected chi connectivity index (χ1v) is 12.1. The van der Waals surface area contributed by atoms with E-state index >= 15 is 0 Å². The largest absolute Gasteiger partial charge is 0.476 e. The molecule has 3 rings (SSSR count). The Kier molecular flexibility index (Phi) is 7.59. The lowest BCUT2D eigenvalue weighted by molar-refractivity contribution is 0.290. The monoisotopic (exact) mass is 437 g/mol. The van der Waals surface area contributed by atoms with Gasteiger partial charge in [0.1, 0.15) is 5.69 Å². The topological polar surface area (TPSA) is 92.9 Å². The molecule has 0 amide bonds. The van der Waals surface area contributed by atoms with Crippen molar-refractivity contribution in [2.45, 2.75) is 56.1 Å². The van der Waals surface area contributed by atoms with E-state index in [1.807, 2.05) is 19.1 Å². The van der Waals surface area contributed by atoms with Crippen molar-refractivity contribution in [2.24, 2.45) is 0 Å². The van der Waals surface area contributed by atoms with Crippen LogP contribution >= 0.6 is 0 Å². The van der Waals surface area contributed by atoms with Gasteiger partial charge in [0.05, 0.1) is 28.6 Å². The van der Waals surface area contributed by atoms with Crippen molar-refractivity contribution in [2.75, 3.05) is 6.61 Å². The summed E-state index contributed by atoms with van der Waals surface area (Å²) in [5.74, 6) is 0.108. The molecular weight excluding hydrogens is 410 g/mol. The second-order valence-electron chi connectivity index (χ2n) is 7.53. The summed E-state index contributed by atoms with van der Waals surface area (Å²) >= 11 is 0. The van der Waals surface area contributed by atoms with Crippen molar-refractivity contribution < 1.29 is 13.2 Å². The number of nitrogens with zero attached hydrogens (tertiary/aromatic N) is 3. The van der Waals surface area contributed by atoms with Gasteiger partial charge in [0.2, 0.25) is 15.7 Å². The van der Waals surface area contributed by atoms with E-state index in [0.29, 0.717) is 17.6 Å². The minimum absolute atomic E-state index is 0.0373. The van der Waals surface area contributed by atoms with Crippen molar-refractivity contribution in [3.05, 3.63) is 59.8 Å². The third-order valence-electron chi connectivity index (χ3n) is 5.08. The number of hydrogen-bond donors (Lipinski definition) is 0. The Bertz CT molecular complexity index is 1170. The summed E-state index contributed by atoms with van der Waals surface area (Å²) < 4.78 is 32.4. The fourth-order valence-corrected chi connectivity index (χ4v) is 4.66. The number of rotatable bonds is 10. The van der Waals surface area contributed by atoms with E-state index in [1.54, 1.807) is 30.3 Å². The Morgan fingerprint density at radius 3 is 2.26 bits per heavy atom. The highest BCUT2D eigenvalue weighted by atomic mass is 32.2. The zero-order valence-corrected chi connectivity index (χ0v) is 18.7. The highest BCUT2D eigenvalue weighted by molar-refractivity contribution is 7.92. The zero-order valence-electron chi connectivity index (χ0n) is 17.9. The number of ether oxygens (including phenoxy) is 1. The van der Waals surface area contributed by atoms with Crippen LogP contribution < -0.4 is 4.74 Å². The Balaban J connectivity index is 1.97. The molecule has 162 valence electrons. The Morgan fingerprint density at radius 1 is 0.968 bits per heavy atom. The first-order chi connectivity index (χ1) is 15.0. The molecule has 0 aliphatic rings. The normalized spacial score (nSPS) is 12.4. The maximum Gasteiger partial charge on any atom is 0.238 e. The average Bonchev–Trinajstić information content (AvgIpc) is 2.77. The number of para-hydroxylation sites is 2. The molecule has 1 atom stereocenters. The van der Waals surface area contributed by atoms with Gasteiger partial charge in [-0.2, -0.15) is 5.26 Å². The Morgan fingerprint density at radius 2 is 1.61 bits per heavy atom. The Labute approximate surface area is 183 Å². The van der Waals surface area contributed by atoms with Crippen LogP contribution in [0.2, 0.25) is 0 Å². The van der Waals surface area contributed by atoms with Gasteiger partial charge in [-0.1, -0.05) is 62.4 Å². The summed E-state index contributed by atoms with van der Waals surface area (Å²) in [5.41, 5.74) is 2.09. The fraction of sp³-hybridized carbons (Fsp3) is 0.375. The highest BCUT2D eigenvalue weighted by Crippen LogP contribution is 2.33. The van der Waals surface area contributed by atoms with Gasteiger partial charge in [0, 0.05) is 0 Å². The molecule has 0 spiro atoms. The van der Waals surface area contributed by atoms with Gasteiger partial charge >= 0.3 is 0 Å². The van der Waals surface area contributed by atoms with Crippen molar-refractivity contribution in [3.8, 4) is 11.9 Å². The van der Waals surface area contributed by atoms with Crippen LogP contribution in [0.5, 0.6) is 5.88 Å². The van der Waals surface area contributed by atoms with Crippen LogP contribution in [0.4, 0.5) is 0 Å². The van der Waals surface area contributed by atoms with Crippen LogP contribution in [0, 0.1) is 18.3 Å². The van der Waals surface area contributed by atoms with Crippen LogP contribution in [0.3, 0.4) is 0 Å². The average molecular weight is 438 g/mol. The number of unbranched alkanes of at least 4 members (excludes halogenated alkanes) is 4. The molecule has 0 aliphatic carbocycles. The molecule has 0 aliphatic heterocycles. The number of aromatic nitrogens is 2. The quantitative estimate of drug-likeness (QED) is 0.398. The lowest BCUT2D eigenvalue weighted by atomic mass is 10.2. The fourth-order valence-electron chi connectivity index (χ4n) is 3.29. The summed E-state index contributed by atoms with van der Waals surface area (Å²) in [5, 5.41) is 8.33. The van der Waals surface area contributed by atoms with E-state index in [-0.39, 0.29) is 16.5 Å². The third kappa shape index (κ3) is 5.39. The number of nitriles is 1. The summed E-state index contributed by atoms with van der Waals surface area (Å²) in [6.45, 7) is 4.43. The summed E-state index contributed by atoms with van der Waals surface area (Å²) in [4.78, 5) is 9.07. The van der Waals surface area contributed by atoms with Crippen LogP contribution in [-0.2, 0) is 9.84 Å². The molecule has 0 unspecified atom stereocenters. The number of sulfone groups is 1. The predicted octanol–water partition coefficient (Wildman–Crippen LogP) is 5.33. The minimum atomic E-state index is -4.00. The van der Waals surface area contributed by atoms with Gasteiger partial charge in [0.15, 0.2) is 5.25 Å². The molecule has 3 aromatic rings. The van der Waals surface area contributed by atoms with Gasteiger partial charge in [-0.15, -0.1) is 0 Å².